The SMILES string of the molecule is Cc1cc(OC(C)c2ccccc2)ccc1NC(=O)C1(CN)CCOCC1.Cl. The second-order valence-electron chi connectivity index (χ2n) is 7.20. The number of hydrogen-bond acceptors (Lipinski definition) is 4. The molecule has 6 heteroatoms. The number of ether oxygens (including phenoxy) is 2. The maximum absolute atomic E-state index is 12.8. The van der Waals surface area contributed by atoms with E-state index in [1.54, 1.807) is 0 Å². The first-order valence-electron chi connectivity index (χ1n) is 9.45. The molecular formula is C22H29ClN2O3. The fourth-order valence-corrected chi connectivity index (χ4v) is 3.39. The van der Waals surface area contributed by atoms with E-state index >= 15 is 0 Å². The topological polar surface area (TPSA) is 73.6 Å². The minimum absolute atomic E-state index is 0. The van der Waals surface area contributed by atoms with E-state index in [1.165, 1.54) is 0 Å². The molecule has 0 spiro atoms. The number of nitrogens with two attached hydrogens (primary N) is 1. The first-order valence-corrected chi connectivity index (χ1v) is 9.45. The highest BCUT2D eigenvalue weighted by atomic mass is 35.5. The minimum Gasteiger partial charge on any atom is -0.486 e. The van der Waals surface area contributed by atoms with Gasteiger partial charge in [-0.3, -0.25) is 4.79 Å². The zero-order valence-electron chi connectivity index (χ0n) is 16.4. The van der Waals surface area contributed by atoms with Crippen molar-refractivity contribution in [3.05, 3.63) is 59.7 Å². The maximum atomic E-state index is 12.8. The smallest absolute Gasteiger partial charge is 0.232 e. The Hall–Kier alpha value is -2.08. The van der Waals surface area contributed by atoms with Gasteiger partial charge in [-0.1, -0.05) is 30.3 Å². The number of anilines is 1. The molecule has 1 aliphatic rings. The van der Waals surface area contributed by atoms with Crippen molar-refractivity contribution in [2.45, 2.75) is 32.8 Å². The van der Waals surface area contributed by atoms with Gasteiger partial charge in [0.15, 0.2) is 0 Å². The molecule has 5 nitrogen and oxygen atoms in total. The van der Waals surface area contributed by atoms with Crippen molar-refractivity contribution < 1.29 is 14.3 Å². The predicted octanol–water partition coefficient (Wildman–Crippen LogP) is 4.25. The van der Waals surface area contributed by atoms with E-state index < -0.39 is 5.41 Å². The molecule has 1 amide bonds. The Morgan fingerprint density at radius 1 is 1.21 bits per heavy atom. The first-order chi connectivity index (χ1) is 13.0. The Labute approximate surface area is 173 Å². The van der Waals surface area contributed by atoms with Gasteiger partial charge in [-0.25, -0.2) is 0 Å². The molecule has 2 aromatic carbocycles. The molecule has 0 bridgehead atoms. The lowest BCUT2D eigenvalue weighted by molar-refractivity contribution is -0.130. The summed E-state index contributed by atoms with van der Waals surface area (Å²) in [5.74, 6) is 0.754. The Bertz CT molecular complexity index is 777. The van der Waals surface area contributed by atoms with Crippen molar-refractivity contribution in [2.75, 3.05) is 25.1 Å². The molecule has 0 saturated carbocycles. The zero-order chi connectivity index (χ0) is 19.3. The van der Waals surface area contributed by atoms with E-state index in [1.807, 2.05) is 62.4 Å². The van der Waals surface area contributed by atoms with Crippen LogP contribution in [0.1, 0.15) is 37.0 Å². The highest BCUT2D eigenvalue weighted by Crippen LogP contribution is 2.32. The molecule has 0 aliphatic carbocycles. The normalized spacial score (nSPS) is 16.5. The molecule has 152 valence electrons. The molecule has 1 fully saturated rings. The van der Waals surface area contributed by atoms with Crippen molar-refractivity contribution in [1.82, 2.24) is 0 Å². The number of hydrogen-bond donors (Lipinski definition) is 2. The second-order valence-corrected chi connectivity index (χ2v) is 7.20. The molecule has 1 heterocycles. The van der Waals surface area contributed by atoms with Crippen LogP contribution in [0, 0.1) is 12.3 Å². The summed E-state index contributed by atoms with van der Waals surface area (Å²) in [6.45, 7) is 5.48. The number of nitrogens with one attached hydrogen (secondary N) is 1. The van der Waals surface area contributed by atoms with Crippen LogP contribution in [0.3, 0.4) is 0 Å². The molecule has 3 N–H and O–H groups in total. The van der Waals surface area contributed by atoms with Gasteiger partial charge < -0.3 is 20.5 Å². The molecule has 1 unspecified atom stereocenters. The predicted molar refractivity (Wildman–Crippen MR) is 114 cm³/mol. The molecule has 3 rings (SSSR count). The van der Waals surface area contributed by atoms with Gasteiger partial charge in [-0.2, -0.15) is 0 Å². The third kappa shape index (κ3) is 5.04. The van der Waals surface area contributed by atoms with E-state index in [2.05, 4.69) is 5.32 Å². The van der Waals surface area contributed by atoms with Gasteiger partial charge in [0.25, 0.3) is 0 Å². The number of amides is 1. The van der Waals surface area contributed by atoms with Crippen molar-refractivity contribution in [3.63, 3.8) is 0 Å². The lowest BCUT2D eigenvalue weighted by atomic mass is 9.79. The van der Waals surface area contributed by atoms with E-state index in [0.717, 1.165) is 22.6 Å². The fraction of sp³-hybridized carbons (Fsp3) is 0.409. The lowest BCUT2D eigenvalue weighted by Crippen LogP contribution is -2.46. The summed E-state index contributed by atoms with van der Waals surface area (Å²) in [5, 5.41) is 3.05. The first kappa shape index (κ1) is 22.2. The second kappa shape index (κ2) is 9.92. The van der Waals surface area contributed by atoms with Crippen molar-refractivity contribution >= 4 is 24.0 Å². The number of benzene rings is 2. The summed E-state index contributed by atoms with van der Waals surface area (Å²) in [6.07, 6.45) is 1.27. The standard InChI is InChI=1S/C22H28N2O3.ClH/c1-16-14-19(27-17(2)18-6-4-3-5-7-18)8-9-20(16)24-21(25)22(15-23)10-12-26-13-11-22;/h3-9,14,17H,10-13,15,23H2,1-2H3,(H,24,25);1H. The number of halogens is 1. The Morgan fingerprint density at radius 3 is 2.50 bits per heavy atom. The van der Waals surface area contributed by atoms with E-state index in [0.29, 0.717) is 32.6 Å². The summed E-state index contributed by atoms with van der Waals surface area (Å²) in [4.78, 5) is 12.8. The summed E-state index contributed by atoms with van der Waals surface area (Å²) in [7, 11) is 0. The highest BCUT2D eigenvalue weighted by Gasteiger charge is 2.38. The highest BCUT2D eigenvalue weighted by molar-refractivity contribution is 5.96. The van der Waals surface area contributed by atoms with Gasteiger partial charge in [-0.15, -0.1) is 12.4 Å². The lowest BCUT2D eigenvalue weighted by Gasteiger charge is -2.34. The van der Waals surface area contributed by atoms with Crippen molar-refractivity contribution in [3.8, 4) is 5.75 Å². The quantitative estimate of drug-likeness (QED) is 0.754. The zero-order valence-corrected chi connectivity index (χ0v) is 17.3. The van der Waals surface area contributed by atoms with Crippen molar-refractivity contribution in [2.24, 2.45) is 11.1 Å². The van der Waals surface area contributed by atoms with Crippen LogP contribution in [0.4, 0.5) is 5.69 Å². The number of aryl methyl sites for hydroxylation is 1. The summed E-state index contributed by atoms with van der Waals surface area (Å²) in [5.41, 5.74) is 8.26. The Morgan fingerprint density at radius 2 is 1.89 bits per heavy atom. The molecule has 0 aromatic heterocycles. The van der Waals surface area contributed by atoms with E-state index in [-0.39, 0.29) is 24.4 Å². The molecule has 28 heavy (non-hydrogen) atoms. The number of rotatable bonds is 6. The molecule has 1 aliphatic heterocycles. The van der Waals surface area contributed by atoms with Gasteiger partial charge in [0.05, 0.1) is 5.41 Å². The third-order valence-electron chi connectivity index (χ3n) is 5.35. The van der Waals surface area contributed by atoms with Crippen LogP contribution >= 0.6 is 12.4 Å². The number of carbonyl (C=O) groups excluding carboxylic acids is 1. The van der Waals surface area contributed by atoms with Crippen LogP contribution in [-0.4, -0.2) is 25.7 Å². The van der Waals surface area contributed by atoms with Gasteiger partial charge in [0.2, 0.25) is 5.91 Å². The maximum Gasteiger partial charge on any atom is 0.232 e. The van der Waals surface area contributed by atoms with Crippen LogP contribution in [0.25, 0.3) is 0 Å². The van der Waals surface area contributed by atoms with Crippen LogP contribution in [0.2, 0.25) is 0 Å². The van der Waals surface area contributed by atoms with Gasteiger partial charge >= 0.3 is 0 Å². The summed E-state index contributed by atoms with van der Waals surface area (Å²) >= 11 is 0. The summed E-state index contributed by atoms with van der Waals surface area (Å²) < 4.78 is 11.4. The Kier molecular flexibility index (Phi) is 7.87. The summed E-state index contributed by atoms with van der Waals surface area (Å²) in [6, 6.07) is 15.8. The van der Waals surface area contributed by atoms with E-state index in [9.17, 15) is 4.79 Å². The largest absolute Gasteiger partial charge is 0.486 e. The van der Waals surface area contributed by atoms with Crippen LogP contribution < -0.4 is 15.8 Å². The Balaban J connectivity index is 0.00000280. The van der Waals surface area contributed by atoms with Crippen LogP contribution in [-0.2, 0) is 9.53 Å². The number of carbonyl (C=O) groups is 1. The molecule has 1 saturated heterocycles. The van der Waals surface area contributed by atoms with Crippen molar-refractivity contribution in [1.29, 1.82) is 0 Å². The van der Waals surface area contributed by atoms with Gasteiger partial charge in [0.1, 0.15) is 11.9 Å². The average molecular weight is 405 g/mol. The van der Waals surface area contributed by atoms with Gasteiger partial charge in [0, 0.05) is 25.4 Å². The monoisotopic (exact) mass is 404 g/mol. The fourth-order valence-electron chi connectivity index (χ4n) is 3.39. The molecule has 1 atom stereocenters. The van der Waals surface area contributed by atoms with Gasteiger partial charge in [-0.05, 0) is 56.0 Å². The molecule has 2 aromatic rings. The van der Waals surface area contributed by atoms with Crippen LogP contribution in [0.5, 0.6) is 5.75 Å². The van der Waals surface area contributed by atoms with Crippen LogP contribution in [0.15, 0.2) is 48.5 Å². The third-order valence-corrected chi connectivity index (χ3v) is 5.35. The minimum atomic E-state index is -0.540. The molecular weight excluding hydrogens is 376 g/mol. The molecule has 0 radical (unpaired) electrons. The average Bonchev–Trinajstić information content (AvgIpc) is 2.71. The van der Waals surface area contributed by atoms with E-state index in [4.69, 9.17) is 15.2 Å².